The van der Waals surface area contributed by atoms with Crippen molar-refractivity contribution < 1.29 is 19.4 Å². The molecule has 1 saturated carbocycles. The fourth-order valence-corrected chi connectivity index (χ4v) is 3.13. The average Bonchev–Trinajstić information content (AvgIpc) is 2.53. The SMILES string of the molecule is CCCCC(CC)COC(=O)NC[C@@H]1CCCC[C@@H]1C(=O)O. The molecule has 5 heteroatoms. The maximum Gasteiger partial charge on any atom is 0.407 e. The van der Waals surface area contributed by atoms with Crippen LogP contribution in [0.25, 0.3) is 0 Å². The van der Waals surface area contributed by atoms with Crippen LogP contribution in [0.5, 0.6) is 0 Å². The molecule has 0 aliphatic heterocycles. The van der Waals surface area contributed by atoms with E-state index in [2.05, 4.69) is 19.2 Å². The van der Waals surface area contributed by atoms with Gasteiger partial charge in [0.15, 0.2) is 0 Å². The largest absolute Gasteiger partial charge is 0.481 e. The summed E-state index contributed by atoms with van der Waals surface area (Å²) in [5, 5.41) is 12.0. The number of carbonyl (C=O) groups is 2. The summed E-state index contributed by atoms with van der Waals surface area (Å²) < 4.78 is 5.28. The third-order valence-corrected chi connectivity index (χ3v) is 4.73. The van der Waals surface area contributed by atoms with E-state index in [9.17, 15) is 14.7 Å². The lowest BCUT2D eigenvalue weighted by Crippen LogP contribution is -2.37. The van der Waals surface area contributed by atoms with Crippen molar-refractivity contribution in [3.63, 3.8) is 0 Å². The van der Waals surface area contributed by atoms with Gasteiger partial charge in [-0.05, 0) is 31.1 Å². The molecule has 0 radical (unpaired) electrons. The number of amides is 1. The molecule has 1 unspecified atom stereocenters. The molecule has 1 fully saturated rings. The number of alkyl carbamates (subject to hydrolysis) is 1. The molecule has 1 amide bonds. The van der Waals surface area contributed by atoms with Crippen LogP contribution in [0.4, 0.5) is 4.79 Å². The van der Waals surface area contributed by atoms with Gasteiger partial charge in [-0.1, -0.05) is 46.0 Å². The molecular weight excluding hydrogens is 282 g/mol. The molecule has 3 atom stereocenters. The molecule has 0 aromatic carbocycles. The minimum absolute atomic E-state index is 0.0286. The number of hydrogen-bond donors (Lipinski definition) is 2. The maximum atomic E-state index is 11.8. The molecule has 1 aliphatic carbocycles. The van der Waals surface area contributed by atoms with Crippen molar-refractivity contribution in [2.75, 3.05) is 13.2 Å². The van der Waals surface area contributed by atoms with Crippen molar-refractivity contribution in [3.8, 4) is 0 Å². The third-order valence-electron chi connectivity index (χ3n) is 4.73. The van der Waals surface area contributed by atoms with E-state index >= 15 is 0 Å². The average molecular weight is 313 g/mol. The minimum atomic E-state index is -0.745. The second-order valence-corrected chi connectivity index (χ2v) is 6.39. The molecule has 0 spiro atoms. The number of carboxylic acid groups (broad SMARTS) is 1. The Balaban J connectivity index is 2.28. The zero-order chi connectivity index (χ0) is 16.4. The molecule has 5 nitrogen and oxygen atoms in total. The molecule has 0 saturated heterocycles. The third kappa shape index (κ3) is 6.67. The number of unbranched alkanes of at least 4 members (excludes halogenated alkanes) is 1. The summed E-state index contributed by atoms with van der Waals surface area (Å²) in [6, 6.07) is 0. The van der Waals surface area contributed by atoms with Crippen LogP contribution in [0.2, 0.25) is 0 Å². The molecule has 2 N–H and O–H groups in total. The van der Waals surface area contributed by atoms with Crippen LogP contribution in [0.3, 0.4) is 0 Å². The highest BCUT2D eigenvalue weighted by atomic mass is 16.5. The zero-order valence-corrected chi connectivity index (χ0v) is 14.0. The first kappa shape index (κ1) is 18.8. The number of nitrogens with one attached hydrogen (secondary N) is 1. The second kappa shape index (κ2) is 10.5. The Labute approximate surface area is 133 Å². The highest BCUT2D eigenvalue weighted by Gasteiger charge is 2.30. The van der Waals surface area contributed by atoms with Gasteiger partial charge in [-0.25, -0.2) is 4.79 Å². The number of aliphatic carboxylic acids is 1. The number of ether oxygens (including phenoxy) is 1. The molecule has 0 bridgehead atoms. The van der Waals surface area contributed by atoms with Gasteiger partial charge < -0.3 is 15.2 Å². The lowest BCUT2D eigenvalue weighted by molar-refractivity contribution is -0.144. The fraction of sp³-hybridized carbons (Fsp3) is 0.882. The van der Waals surface area contributed by atoms with Gasteiger partial charge in [0.25, 0.3) is 0 Å². The topological polar surface area (TPSA) is 75.6 Å². The van der Waals surface area contributed by atoms with Crippen molar-refractivity contribution in [2.45, 2.75) is 65.2 Å². The first-order chi connectivity index (χ1) is 10.6. The normalized spacial score (nSPS) is 22.8. The molecule has 0 heterocycles. The lowest BCUT2D eigenvalue weighted by Gasteiger charge is -2.28. The van der Waals surface area contributed by atoms with Crippen molar-refractivity contribution in [2.24, 2.45) is 17.8 Å². The highest BCUT2D eigenvalue weighted by molar-refractivity contribution is 5.71. The fourth-order valence-electron chi connectivity index (χ4n) is 3.13. The van der Waals surface area contributed by atoms with Crippen LogP contribution in [0.1, 0.15) is 65.2 Å². The standard InChI is InChI=1S/C17H31NO4/c1-3-5-8-13(4-2)12-22-17(21)18-11-14-9-6-7-10-15(14)16(19)20/h13-15H,3-12H2,1-2H3,(H,18,21)(H,19,20)/t13?,14-,15-/m0/s1. The Morgan fingerprint density at radius 2 is 2.00 bits per heavy atom. The van der Waals surface area contributed by atoms with E-state index in [1.807, 2.05) is 0 Å². The van der Waals surface area contributed by atoms with Gasteiger partial charge in [-0.3, -0.25) is 4.79 Å². The number of carbonyl (C=O) groups excluding carboxylic acids is 1. The summed E-state index contributed by atoms with van der Waals surface area (Å²) in [5.41, 5.74) is 0. The van der Waals surface area contributed by atoms with Crippen molar-refractivity contribution >= 4 is 12.1 Å². The number of rotatable bonds is 9. The smallest absolute Gasteiger partial charge is 0.407 e. The second-order valence-electron chi connectivity index (χ2n) is 6.39. The highest BCUT2D eigenvalue weighted by Crippen LogP contribution is 2.29. The Morgan fingerprint density at radius 1 is 1.27 bits per heavy atom. The van der Waals surface area contributed by atoms with Crippen LogP contribution in [-0.4, -0.2) is 30.3 Å². The summed E-state index contributed by atoms with van der Waals surface area (Å²) in [6.07, 6.45) is 7.59. The lowest BCUT2D eigenvalue weighted by atomic mass is 9.79. The van der Waals surface area contributed by atoms with E-state index in [-0.39, 0.29) is 11.8 Å². The Hall–Kier alpha value is -1.26. The zero-order valence-electron chi connectivity index (χ0n) is 14.0. The van der Waals surface area contributed by atoms with Gasteiger partial charge in [-0.15, -0.1) is 0 Å². The Morgan fingerprint density at radius 3 is 2.64 bits per heavy atom. The molecule has 128 valence electrons. The monoisotopic (exact) mass is 313 g/mol. The van der Waals surface area contributed by atoms with E-state index in [0.29, 0.717) is 25.5 Å². The van der Waals surface area contributed by atoms with Gasteiger partial charge in [0.2, 0.25) is 0 Å². The van der Waals surface area contributed by atoms with Crippen molar-refractivity contribution in [1.82, 2.24) is 5.32 Å². The summed E-state index contributed by atoms with van der Waals surface area (Å²) in [4.78, 5) is 23.0. The van der Waals surface area contributed by atoms with Crippen LogP contribution in [-0.2, 0) is 9.53 Å². The van der Waals surface area contributed by atoms with Crippen LogP contribution >= 0.6 is 0 Å². The van der Waals surface area contributed by atoms with Gasteiger partial charge in [0.1, 0.15) is 0 Å². The van der Waals surface area contributed by atoms with Gasteiger partial charge in [0.05, 0.1) is 12.5 Å². The van der Waals surface area contributed by atoms with Crippen LogP contribution < -0.4 is 5.32 Å². The quantitative estimate of drug-likeness (QED) is 0.678. The molecule has 1 rings (SSSR count). The number of carboxylic acids is 1. The van der Waals surface area contributed by atoms with Crippen LogP contribution in [0.15, 0.2) is 0 Å². The van der Waals surface area contributed by atoms with Crippen molar-refractivity contribution in [1.29, 1.82) is 0 Å². The number of hydrogen-bond acceptors (Lipinski definition) is 3. The van der Waals surface area contributed by atoms with E-state index in [1.54, 1.807) is 0 Å². The summed E-state index contributed by atoms with van der Waals surface area (Å²) in [7, 11) is 0. The minimum Gasteiger partial charge on any atom is -0.481 e. The van der Waals surface area contributed by atoms with Crippen LogP contribution in [0, 0.1) is 17.8 Å². The van der Waals surface area contributed by atoms with E-state index in [1.165, 1.54) is 0 Å². The summed E-state index contributed by atoms with van der Waals surface area (Å²) in [5.74, 6) is -0.625. The van der Waals surface area contributed by atoms with Gasteiger partial charge in [0, 0.05) is 6.54 Å². The first-order valence-corrected chi connectivity index (χ1v) is 8.71. The molecule has 1 aliphatic rings. The summed E-state index contributed by atoms with van der Waals surface area (Å²) >= 11 is 0. The maximum absolute atomic E-state index is 11.8. The molecule has 22 heavy (non-hydrogen) atoms. The first-order valence-electron chi connectivity index (χ1n) is 8.71. The predicted octanol–water partition coefficient (Wildman–Crippen LogP) is 3.82. The van der Waals surface area contributed by atoms with E-state index in [0.717, 1.165) is 44.9 Å². The summed E-state index contributed by atoms with van der Waals surface area (Å²) in [6.45, 7) is 5.13. The Bertz CT molecular complexity index is 346. The molecule has 0 aromatic heterocycles. The van der Waals surface area contributed by atoms with Gasteiger partial charge >= 0.3 is 12.1 Å². The van der Waals surface area contributed by atoms with E-state index < -0.39 is 12.1 Å². The van der Waals surface area contributed by atoms with Crippen molar-refractivity contribution in [3.05, 3.63) is 0 Å². The molecule has 0 aromatic rings. The molecular formula is C17H31NO4. The Kier molecular flexibility index (Phi) is 8.94. The van der Waals surface area contributed by atoms with Gasteiger partial charge in [-0.2, -0.15) is 0 Å². The predicted molar refractivity (Wildman–Crippen MR) is 85.7 cm³/mol. The van der Waals surface area contributed by atoms with E-state index in [4.69, 9.17) is 4.74 Å².